The fourth-order valence-electron chi connectivity index (χ4n) is 2.46. The zero-order valence-corrected chi connectivity index (χ0v) is 10.5. The maximum absolute atomic E-state index is 12.0. The molecule has 0 saturated carbocycles. The molecule has 2 aromatic rings. The van der Waals surface area contributed by atoms with Crippen LogP contribution in [0.15, 0.2) is 42.6 Å². The van der Waals surface area contributed by atoms with Gasteiger partial charge in [0.05, 0.1) is 11.9 Å². The maximum Gasteiger partial charge on any atom is 0.270 e. The fraction of sp³-hybridized carbons (Fsp3) is 0.200. The molecule has 0 bridgehead atoms. The molecule has 0 radical (unpaired) electrons. The molecule has 1 aromatic carbocycles. The zero-order valence-electron chi connectivity index (χ0n) is 10.5. The molecule has 1 aromatic heterocycles. The van der Waals surface area contributed by atoms with Crippen LogP contribution in [0.5, 0.6) is 0 Å². The number of nitrogens with two attached hydrogens (primary N) is 1. The van der Waals surface area contributed by atoms with Gasteiger partial charge in [-0.25, -0.2) is 4.98 Å². The number of hydrogen-bond donors (Lipinski definition) is 2. The van der Waals surface area contributed by atoms with Crippen LogP contribution in [0.3, 0.4) is 0 Å². The second-order valence-electron chi connectivity index (χ2n) is 4.82. The summed E-state index contributed by atoms with van der Waals surface area (Å²) in [7, 11) is 0. The number of benzene rings is 1. The molecule has 19 heavy (non-hydrogen) atoms. The third-order valence-corrected chi connectivity index (χ3v) is 3.41. The second-order valence-corrected chi connectivity index (χ2v) is 4.82. The number of anilines is 1. The molecule has 0 atom stereocenters. The number of nitrogens with one attached hydrogen (secondary N) is 1. The van der Waals surface area contributed by atoms with E-state index in [0.29, 0.717) is 11.4 Å². The van der Waals surface area contributed by atoms with Crippen LogP contribution >= 0.6 is 0 Å². The van der Waals surface area contributed by atoms with Crippen LogP contribution in [-0.4, -0.2) is 16.9 Å². The molecule has 1 aliphatic rings. The topological polar surface area (TPSA) is 68.0 Å². The lowest BCUT2D eigenvalue weighted by atomic mass is 10.1. The minimum absolute atomic E-state index is 0.141. The van der Waals surface area contributed by atoms with E-state index in [2.05, 4.69) is 22.4 Å². The van der Waals surface area contributed by atoms with E-state index in [9.17, 15) is 4.79 Å². The van der Waals surface area contributed by atoms with Crippen molar-refractivity contribution < 1.29 is 4.79 Å². The summed E-state index contributed by atoms with van der Waals surface area (Å²) in [4.78, 5) is 16.1. The molecule has 1 amide bonds. The molecule has 3 N–H and O–H groups in total. The summed E-state index contributed by atoms with van der Waals surface area (Å²) in [6.45, 7) is 0. The van der Waals surface area contributed by atoms with E-state index in [4.69, 9.17) is 5.73 Å². The summed E-state index contributed by atoms with van der Waals surface area (Å²) < 4.78 is 0. The van der Waals surface area contributed by atoms with Crippen LogP contribution in [0.2, 0.25) is 0 Å². The predicted molar refractivity (Wildman–Crippen MR) is 73.8 cm³/mol. The van der Waals surface area contributed by atoms with Crippen LogP contribution in [0, 0.1) is 0 Å². The van der Waals surface area contributed by atoms with Gasteiger partial charge in [-0.3, -0.25) is 4.79 Å². The summed E-state index contributed by atoms with van der Waals surface area (Å²) in [5.74, 6) is -0.141. The van der Waals surface area contributed by atoms with Gasteiger partial charge in [-0.2, -0.15) is 0 Å². The van der Waals surface area contributed by atoms with E-state index in [1.807, 2.05) is 12.1 Å². The van der Waals surface area contributed by atoms with Crippen molar-refractivity contribution in [3.63, 3.8) is 0 Å². The summed E-state index contributed by atoms with van der Waals surface area (Å²) in [6.07, 6.45) is 3.27. The number of hydrogen-bond acceptors (Lipinski definition) is 3. The number of rotatable bonds is 2. The van der Waals surface area contributed by atoms with Gasteiger partial charge < -0.3 is 11.1 Å². The molecule has 4 heteroatoms. The predicted octanol–water partition coefficient (Wildman–Crippen LogP) is 1.56. The van der Waals surface area contributed by atoms with Gasteiger partial charge in [-0.15, -0.1) is 0 Å². The quantitative estimate of drug-likeness (QED) is 0.853. The van der Waals surface area contributed by atoms with Gasteiger partial charge in [0, 0.05) is 6.04 Å². The van der Waals surface area contributed by atoms with E-state index < -0.39 is 0 Å². The van der Waals surface area contributed by atoms with Crippen LogP contribution in [0.25, 0.3) is 0 Å². The highest BCUT2D eigenvalue weighted by atomic mass is 16.1. The lowest BCUT2D eigenvalue weighted by Gasteiger charge is -2.11. The van der Waals surface area contributed by atoms with Gasteiger partial charge in [-0.05, 0) is 36.1 Å². The first-order valence-electron chi connectivity index (χ1n) is 6.31. The largest absolute Gasteiger partial charge is 0.397 e. The molecule has 3 rings (SSSR count). The Morgan fingerprint density at radius 2 is 1.84 bits per heavy atom. The number of carbonyl (C=O) groups excluding carboxylic acids is 1. The van der Waals surface area contributed by atoms with Gasteiger partial charge in [0.15, 0.2) is 0 Å². The monoisotopic (exact) mass is 253 g/mol. The Balaban J connectivity index is 1.67. The lowest BCUT2D eigenvalue weighted by Crippen LogP contribution is -2.35. The van der Waals surface area contributed by atoms with Crippen molar-refractivity contribution in [2.75, 3.05) is 5.73 Å². The van der Waals surface area contributed by atoms with Crippen molar-refractivity contribution in [3.8, 4) is 0 Å². The minimum atomic E-state index is -0.141. The molecule has 0 saturated heterocycles. The average molecular weight is 253 g/mol. The third kappa shape index (κ3) is 2.42. The van der Waals surface area contributed by atoms with Crippen molar-refractivity contribution in [2.45, 2.75) is 18.9 Å². The third-order valence-electron chi connectivity index (χ3n) is 3.41. The lowest BCUT2D eigenvalue weighted by molar-refractivity contribution is 0.0933. The van der Waals surface area contributed by atoms with Gasteiger partial charge >= 0.3 is 0 Å². The molecule has 1 heterocycles. The van der Waals surface area contributed by atoms with Gasteiger partial charge in [0.2, 0.25) is 0 Å². The smallest absolute Gasteiger partial charge is 0.270 e. The van der Waals surface area contributed by atoms with Gasteiger partial charge in [0.25, 0.3) is 5.91 Å². The average Bonchev–Trinajstić information content (AvgIpc) is 2.81. The summed E-state index contributed by atoms with van der Waals surface area (Å²) >= 11 is 0. The first-order chi connectivity index (χ1) is 9.22. The maximum atomic E-state index is 12.0. The Hall–Kier alpha value is -2.36. The highest BCUT2D eigenvalue weighted by Gasteiger charge is 2.23. The van der Waals surface area contributed by atoms with Crippen LogP contribution < -0.4 is 11.1 Å². The Morgan fingerprint density at radius 1 is 1.16 bits per heavy atom. The number of aromatic nitrogens is 1. The van der Waals surface area contributed by atoms with E-state index in [0.717, 1.165) is 12.8 Å². The second kappa shape index (κ2) is 4.72. The van der Waals surface area contributed by atoms with Crippen molar-refractivity contribution in [2.24, 2.45) is 0 Å². The van der Waals surface area contributed by atoms with Crippen molar-refractivity contribution in [1.29, 1.82) is 0 Å². The van der Waals surface area contributed by atoms with E-state index >= 15 is 0 Å². The van der Waals surface area contributed by atoms with E-state index in [-0.39, 0.29) is 11.9 Å². The molecule has 0 aliphatic heterocycles. The molecule has 0 spiro atoms. The van der Waals surface area contributed by atoms with Crippen molar-refractivity contribution in [3.05, 3.63) is 59.4 Å². The van der Waals surface area contributed by atoms with Crippen molar-refractivity contribution >= 4 is 11.6 Å². The molecule has 1 aliphatic carbocycles. The summed E-state index contributed by atoms with van der Waals surface area (Å²) in [6, 6.07) is 11.8. The summed E-state index contributed by atoms with van der Waals surface area (Å²) in [5.41, 5.74) is 9.16. The molecule has 0 unspecified atom stereocenters. The first-order valence-corrected chi connectivity index (χ1v) is 6.31. The Bertz CT molecular complexity index is 582. The Kier molecular flexibility index (Phi) is 2.91. The van der Waals surface area contributed by atoms with Crippen LogP contribution in [0.4, 0.5) is 5.69 Å². The standard InChI is InChI=1S/C15H15N3O/c16-12-5-6-14(17-9-12)15(19)18-13-7-10-3-1-2-4-11(10)8-13/h1-6,9,13H,7-8,16H2,(H,18,19). The van der Waals surface area contributed by atoms with Crippen LogP contribution in [0.1, 0.15) is 21.6 Å². The molecule has 4 nitrogen and oxygen atoms in total. The molecule has 0 fully saturated rings. The number of nitrogen functional groups attached to an aromatic ring is 1. The van der Waals surface area contributed by atoms with E-state index in [1.54, 1.807) is 12.1 Å². The minimum Gasteiger partial charge on any atom is -0.397 e. The number of nitrogens with zero attached hydrogens (tertiary/aromatic N) is 1. The Labute approximate surface area is 111 Å². The van der Waals surface area contributed by atoms with Gasteiger partial charge in [0.1, 0.15) is 5.69 Å². The van der Waals surface area contributed by atoms with E-state index in [1.165, 1.54) is 17.3 Å². The number of pyridine rings is 1. The molecule has 96 valence electrons. The fourth-order valence-corrected chi connectivity index (χ4v) is 2.46. The Morgan fingerprint density at radius 3 is 2.42 bits per heavy atom. The SMILES string of the molecule is Nc1ccc(C(=O)NC2Cc3ccccc3C2)nc1. The highest BCUT2D eigenvalue weighted by Crippen LogP contribution is 2.21. The highest BCUT2D eigenvalue weighted by molar-refractivity contribution is 5.92. The molecular formula is C15H15N3O. The molecular weight excluding hydrogens is 238 g/mol. The van der Waals surface area contributed by atoms with Crippen molar-refractivity contribution in [1.82, 2.24) is 10.3 Å². The van der Waals surface area contributed by atoms with Gasteiger partial charge in [-0.1, -0.05) is 24.3 Å². The zero-order chi connectivity index (χ0) is 13.2. The summed E-state index contributed by atoms with van der Waals surface area (Å²) in [5, 5.41) is 3.02. The number of amides is 1. The normalized spacial score (nSPS) is 14.1. The first kappa shape index (κ1) is 11.7. The number of carbonyl (C=O) groups is 1. The number of fused-ring (bicyclic) bond motifs is 1. The van der Waals surface area contributed by atoms with Crippen LogP contribution in [-0.2, 0) is 12.8 Å².